The van der Waals surface area contributed by atoms with E-state index in [0.717, 1.165) is 68.5 Å². The zero-order chi connectivity index (χ0) is 29.3. The van der Waals surface area contributed by atoms with Crippen LogP contribution < -0.4 is 9.47 Å². The van der Waals surface area contributed by atoms with Crippen molar-refractivity contribution in [1.29, 1.82) is 0 Å². The molecule has 0 heterocycles. The molecular formula is C38H44O4. The molecule has 220 valence electrons. The Kier molecular flexibility index (Phi) is 10.1. The number of hydrogen-bond acceptors (Lipinski definition) is 4. The lowest BCUT2D eigenvalue weighted by Crippen LogP contribution is -2.02. The van der Waals surface area contributed by atoms with Gasteiger partial charge >= 0.3 is 0 Å². The van der Waals surface area contributed by atoms with Gasteiger partial charge in [-0.3, -0.25) is 0 Å². The quantitative estimate of drug-likeness (QED) is 0.132. The Morgan fingerprint density at radius 1 is 0.429 bits per heavy atom. The Labute approximate surface area is 248 Å². The van der Waals surface area contributed by atoms with Gasteiger partial charge < -0.3 is 19.7 Å². The Hall–Kier alpha value is -3.92. The predicted octanol–water partition coefficient (Wildman–Crippen LogP) is 9.26. The number of benzene rings is 4. The summed E-state index contributed by atoms with van der Waals surface area (Å²) in [6.45, 7) is 5.74. The van der Waals surface area contributed by atoms with Crippen molar-refractivity contribution in [2.75, 3.05) is 13.2 Å². The van der Waals surface area contributed by atoms with Gasteiger partial charge in [0.25, 0.3) is 0 Å². The number of phenolic OH excluding ortho intramolecular Hbond substituents is 2. The Morgan fingerprint density at radius 2 is 0.786 bits per heavy atom. The molecule has 1 aliphatic rings. The van der Waals surface area contributed by atoms with E-state index in [1.54, 1.807) is 12.1 Å². The Bertz CT molecular complexity index is 1760. The number of aromatic hydroxyl groups is 2. The fourth-order valence-electron chi connectivity index (χ4n) is 6.10. The summed E-state index contributed by atoms with van der Waals surface area (Å²) in [5, 5.41) is 29.2. The summed E-state index contributed by atoms with van der Waals surface area (Å²) in [5.74, 6) is 1.88. The molecule has 0 fully saturated rings. The second-order valence-electron chi connectivity index (χ2n) is 11.3. The van der Waals surface area contributed by atoms with Gasteiger partial charge in [-0.15, -0.1) is 0 Å². The first-order valence-electron chi connectivity index (χ1n) is 15.8. The standard InChI is InChI=1S/C38H44O4/c1-3-5-7-9-11-25-41-33-23-15-19-29-27-17-13-21-31(39)35(27)36-28(18-14-22-32(36)40)30-20-16-24-34(38(30)37(29)33)42-26-12-10-8-6-4-2/h13-24,39-40H,3-12,25-26H2,1-2H3/b29-27-,30-28-,36-35-,38-37-. The van der Waals surface area contributed by atoms with Crippen LogP contribution in [0.3, 0.4) is 0 Å². The number of ether oxygens (including phenoxy) is 2. The lowest BCUT2D eigenvalue weighted by Gasteiger charge is -2.13. The summed E-state index contributed by atoms with van der Waals surface area (Å²) >= 11 is 0. The van der Waals surface area contributed by atoms with Crippen molar-refractivity contribution >= 4 is 0 Å². The summed E-state index contributed by atoms with van der Waals surface area (Å²) < 4.78 is 13.1. The van der Waals surface area contributed by atoms with E-state index >= 15 is 0 Å². The summed E-state index contributed by atoms with van der Waals surface area (Å²) in [4.78, 5) is 0. The molecule has 0 spiro atoms. The second-order valence-corrected chi connectivity index (χ2v) is 11.3. The van der Waals surface area contributed by atoms with Crippen LogP contribution in [0.15, 0.2) is 72.8 Å². The van der Waals surface area contributed by atoms with E-state index in [9.17, 15) is 10.2 Å². The highest BCUT2D eigenvalue weighted by atomic mass is 16.5. The molecule has 0 aliphatic heterocycles. The van der Waals surface area contributed by atoms with E-state index in [2.05, 4.69) is 26.0 Å². The molecule has 1 aliphatic carbocycles. The number of fused-ring (bicyclic) bond motifs is 4. The third-order valence-electron chi connectivity index (χ3n) is 8.23. The van der Waals surface area contributed by atoms with Gasteiger partial charge in [-0.25, -0.2) is 0 Å². The van der Waals surface area contributed by atoms with E-state index in [-0.39, 0.29) is 11.5 Å². The molecular weight excluding hydrogens is 520 g/mol. The minimum Gasteiger partial charge on any atom is -0.507 e. The summed E-state index contributed by atoms with van der Waals surface area (Å²) in [6.07, 6.45) is 11.7. The highest BCUT2D eigenvalue weighted by molar-refractivity contribution is 5.43. The van der Waals surface area contributed by atoms with Gasteiger partial charge in [-0.1, -0.05) is 114 Å². The van der Waals surface area contributed by atoms with Crippen molar-refractivity contribution < 1.29 is 19.7 Å². The molecule has 0 saturated heterocycles. The van der Waals surface area contributed by atoms with Crippen LogP contribution in [-0.2, 0) is 0 Å². The molecule has 0 atom stereocenters. The van der Waals surface area contributed by atoms with Gasteiger partial charge in [0.2, 0.25) is 0 Å². The first kappa shape index (κ1) is 29.6. The molecule has 0 bridgehead atoms. The van der Waals surface area contributed by atoms with Crippen molar-refractivity contribution in [2.45, 2.75) is 78.1 Å². The van der Waals surface area contributed by atoms with Gasteiger partial charge in [0.05, 0.1) is 13.2 Å². The van der Waals surface area contributed by atoms with Gasteiger partial charge in [0.1, 0.15) is 23.0 Å². The van der Waals surface area contributed by atoms with Gasteiger partial charge in [0.15, 0.2) is 0 Å². The molecule has 5 rings (SSSR count). The first-order chi connectivity index (χ1) is 20.7. The normalized spacial score (nSPS) is 14.9. The highest BCUT2D eigenvalue weighted by Gasteiger charge is 2.12. The SMILES string of the molecule is CCCCCCCOc1cccc2/c1=c1/c(OCCCCCCC)ccc/c1=c1\cccc(O)\c1=c1/c(O)ccc/c1=2. The Balaban J connectivity index is 1.85. The maximum atomic E-state index is 11.2. The monoisotopic (exact) mass is 564 g/mol. The molecule has 0 radical (unpaired) electrons. The molecule has 0 amide bonds. The molecule has 0 saturated carbocycles. The van der Waals surface area contributed by atoms with Crippen LogP contribution in [0.1, 0.15) is 78.1 Å². The summed E-state index contributed by atoms with van der Waals surface area (Å²) in [7, 11) is 0. The van der Waals surface area contributed by atoms with Crippen LogP contribution in [0.25, 0.3) is 0 Å². The maximum absolute atomic E-state index is 11.2. The van der Waals surface area contributed by atoms with Gasteiger partial charge in [-0.2, -0.15) is 0 Å². The van der Waals surface area contributed by atoms with Crippen LogP contribution in [0, 0.1) is 41.7 Å². The maximum Gasteiger partial charge on any atom is 0.127 e. The average Bonchev–Trinajstić information content (AvgIpc) is 3.00. The number of hydrogen-bond donors (Lipinski definition) is 2. The number of phenols is 2. The van der Waals surface area contributed by atoms with Crippen LogP contribution >= 0.6 is 0 Å². The summed E-state index contributed by atoms with van der Waals surface area (Å²) in [6, 6.07) is 23.4. The number of rotatable bonds is 14. The zero-order valence-corrected chi connectivity index (χ0v) is 25.1. The number of unbranched alkanes of at least 4 members (excludes halogenated alkanes) is 8. The van der Waals surface area contributed by atoms with E-state index < -0.39 is 0 Å². The van der Waals surface area contributed by atoms with Crippen LogP contribution in [0.4, 0.5) is 0 Å². The molecule has 0 unspecified atom stereocenters. The molecule has 4 heteroatoms. The predicted molar refractivity (Wildman–Crippen MR) is 168 cm³/mol. The fraction of sp³-hybridized carbons (Fsp3) is 0.368. The molecule has 0 aromatic heterocycles. The van der Waals surface area contributed by atoms with Crippen LogP contribution in [0.2, 0.25) is 0 Å². The fourth-order valence-corrected chi connectivity index (χ4v) is 6.10. The highest BCUT2D eigenvalue weighted by Crippen LogP contribution is 2.28. The summed E-state index contributed by atoms with van der Waals surface area (Å²) in [5.41, 5.74) is 0. The molecule has 4 aromatic carbocycles. The lowest BCUT2D eigenvalue weighted by molar-refractivity contribution is 0.297. The van der Waals surface area contributed by atoms with Gasteiger partial charge in [-0.05, 0) is 58.0 Å². The molecule has 2 N–H and O–H groups in total. The van der Waals surface area contributed by atoms with Crippen molar-refractivity contribution in [1.82, 2.24) is 0 Å². The minimum atomic E-state index is 0.131. The van der Waals surface area contributed by atoms with Crippen LogP contribution in [0.5, 0.6) is 23.0 Å². The largest absolute Gasteiger partial charge is 0.507 e. The smallest absolute Gasteiger partial charge is 0.127 e. The minimum absolute atomic E-state index is 0.131. The van der Waals surface area contributed by atoms with E-state index in [4.69, 9.17) is 9.47 Å². The van der Waals surface area contributed by atoms with E-state index in [0.29, 0.717) is 23.7 Å². The van der Waals surface area contributed by atoms with E-state index in [1.807, 2.05) is 48.5 Å². The third kappa shape index (κ3) is 6.28. The molecule has 4 nitrogen and oxygen atoms in total. The molecule has 42 heavy (non-hydrogen) atoms. The topological polar surface area (TPSA) is 58.9 Å². The molecule has 4 aromatic rings. The average molecular weight is 565 g/mol. The van der Waals surface area contributed by atoms with Crippen molar-refractivity contribution in [2.24, 2.45) is 0 Å². The lowest BCUT2D eigenvalue weighted by atomic mass is 10.00. The second kappa shape index (κ2) is 14.3. The zero-order valence-electron chi connectivity index (χ0n) is 25.1. The van der Waals surface area contributed by atoms with Crippen LogP contribution in [-0.4, -0.2) is 23.4 Å². The van der Waals surface area contributed by atoms with Crippen molar-refractivity contribution in [3.63, 3.8) is 0 Å². The van der Waals surface area contributed by atoms with E-state index in [1.165, 1.54) is 38.5 Å². The first-order valence-corrected chi connectivity index (χ1v) is 15.8. The van der Waals surface area contributed by atoms with Crippen molar-refractivity contribution in [3.8, 4) is 23.0 Å². The third-order valence-corrected chi connectivity index (χ3v) is 8.23. The Morgan fingerprint density at radius 3 is 1.19 bits per heavy atom. The van der Waals surface area contributed by atoms with Gasteiger partial charge in [0, 0.05) is 20.9 Å². The van der Waals surface area contributed by atoms with Crippen molar-refractivity contribution in [3.05, 3.63) is 115 Å².